The largest absolute Gasteiger partial charge is 0.313 e. The highest BCUT2D eigenvalue weighted by atomic mass is 35.5. The van der Waals surface area contributed by atoms with Crippen molar-refractivity contribution >= 4 is 34.0 Å². The minimum absolute atomic E-state index is 0. The standard InChI is InChI=1S/C18H21ClN2O2S.ClH/c19-17-9-5-4-8-16(17)18-14-20-11-12-21(18)24(22,23)13-10-15-6-2-1-3-7-15;/h1-9,18,20H,10-14H2;1H. The topological polar surface area (TPSA) is 49.4 Å². The van der Waals surface area contributed by atoms with Crippen molar-refractivity contribution in [3.63, 3.8) is 0 Å². The first kappa shape index (κ1) is 20.2. The molecule has 0 aliphatic carbocycles. The predicted molar refractivity (Wildman–Crippen MR) is 105 cm³/mol. The summed E-state index contributed by atoms with van der Waals surface area (Å²) in [6, 6.07) is 16.9. The van der Waals surface area contributed by atoms with Crippen LogP contribution in [0.3, 0.4) is 0 Å². The van der Waals surface area contributed by atoms with Crippen molar-refractivity contribution in [2.24, 2.45) is 0 Å². The van der Waals surface area contributed by atoms with Crippen molar-refractivity contribution in [2.75, 3.05) is 25.4 Å². The van der Waals surface area contributed by atoms with Crippen LogP contribution >= 0.6 is 24.0 Å². The van der Waals surface area contributed by atoms with E-state index < -0.39 is 10.0 Å². The Labute approximate surface area is 160 Å². The number of rotatable bonds is 5. The molecule has 1 aliphatic rings. The maximum Gasteiger partial charge on any atom is 0.215 e. The molecule has 1 heterocycles. The molecule has 25 heavy (non-hydrogen) atoms. The third-order valence-corrected chi connectivity index (χ3v) is 6.52. The van der Waals surface area contributed by atoms with Crippen molar-refractivity contribution < 1.29 is 8.42 Å². The molecule has 2 aromatic carbocycles. The maximum absolute atomic E-state index is 12.9. The lowest BCUT2D eigenvalue weighted by atomic mass is 10.1. The lowest BCUT2D eigenvalue weighted by Crippen LogP contribution is -2.49. The van der Waals surface area contributed by atoms with Gasteiger partial charge in [0.25, 0.3) is 0 Å². The summed E-state index contributed by atoms with van der Waals surface area (Å²) in [7, 11) is -3.36. The Balaban J connectivity index is 0.00000225. The number of aryl methyl sites for hydroxylation is 1. The molecule has 1 aliphatic heterocycles. The van der Waals surface area contributed by atoms with Crippen molar-refractivity contribution in [3.8, 4) is 0 Å². The van der Waals surface area contributed by atoms with E-state index in [2.05, 4.69) is 5.32 Å². The van der Waals surface area contributed by atoms with Gasteiger partial charge in [0.2, 0.25) is 10.0 Å². The minimum atomic E-state index is -3.36. The number of hydrogen-bond donors (Lipinski definition) is 1. The first-order valence-electron chi connectivity index (χ1n) is 8.06. The van der Waals surface area contributed by atoms with Crippen LogP contribution in [0.2, 0.25) is 5.02 Å². The number of hydrogen-bond acceptors (Lipinski definition) is 3. The van der Waals surface area contributed by atoms with Gasteiger partial charge in [-0.2, -0.15) is 4.31 Å². The van der Waals surface area contributed by atoms with Crippen LogP contribution in [-0.4, -0.2) is 38.1 Å². The van der Waals surface area contributed by atoms with Gasteiger partial charge >= 0.3 is 0 Å². The highest BCUT2D eigenvalue weighted by Gasteiger charge is 2.33. The first-order chi connectivity index (χ1) is 11.6. The van der Waals surface area contributed by atoms with Gasteiger partial charge in [0.15, 0.2) is 0 Å². The number of sulfonamides is 1. The fraction of sp³-hybridized carbons (Fsp3) is 0.333. The summed E-state index contributed by atoms with van der Waals surface area (Å²) in [6.07, 6.45) is 0.516. The van der Waals surface area contributed by atoms with Gasteiger partial charge in [-0.1, -0.05) is 60.1 Å². The Morgan fingerprint density at radius 2 is 1.76 bits per heavy atom. The molecule has 0 spiro atoms. The van der Waals surface area contributed by atoms with Gasteiger partial charge in [-0.15, -0.1) is 12.4 Å². The molecule has 2 aromatic rings. The molecule has 4 nitrogen and oxygen atoms in total. The van der Waals surface area contributed by atoms with E-state index in [1.807, 2.05) is 48.5 Å². The summed E-state index contributed by atoms with van der Waals surface area (Å²) in [4.78, 5) is 0. The van der Waals surface area contributed by atoms with Crippen molar-refractivity contribution in [3.05, 3.63) is 70.7 Å². The van der Waals surface area contributed by atoms with Crippen molar-refractivity contribution in [2.45, 2.75) is 12.5 Å². The van der Waals surface area contributed by atoms with Crippen LogP contribution in [0.15, 0.2) is 54.6 Å². The third-order valence-electron chi connectivity index (χ3n) is 4.31. The number of halogens is 2. The van der Waals surface area contributed by atoms with Crippen molar-refractivity contribution in [1.29, 1.82) is 0 Å². The van der Waals surface area contributed by atoms with E-state index in [1.54, 1.807) is 10.4 Å². The Morgan fingerprint density at radius 1 is 1.08 bits per heavy atom. The van der Waals surface area contributed by atoms with Crippen LogP contribution in [0.25, 0.3) is 0 Å². The van der Waals surface area contributed by atoms with E-state index in [0.29, 0.717) is 31.1 Å². The highest BCUT2D eigenvalue weighted by molar-refractivity contribution is 7.89. The molecule has 3 rings (SSSR count). The molecule has 1 atom stereocenters. The van der Waals surface area contributed by atoms with Crippen molar-refractivity contribution in [1.82, 2.24) is 9.62 Å². The number of piperazine rings is 1. The lowest BCUT2D eigenvalue weighted by molar-refractivity contribution is 0.271. The molecule has 0 bridgehead atoms. The molecule has 1 fully saturated rings. The Hall–Kier alpha value is -1.11. The Bertz CT molecular complexity index is 785. The van der Waals surface area contributed by atoms with Crippen LogP contribution in [0.1, 0.15) is 17.2 Å². The first-order valence-corrected chi connectivity index (χ1v) is 10.1. The zero-order chi connectivity index (χ0) is 17.0. The van der Waals surface area contributed by atoms with E-state index in [1.165, 1.54) is 0 Å². The predicted octanol–water partition coefficient (Wildman–Crippen LogP) is 3.28. The highest BCUT2D eigenvalue weighted by Crippen LogP contribution is 2.30. The molecule has 136 valence electrons. The van der Waals surface area contributed by atoms with E-state index in [0.717, 1.165) is 11.1 Å². The summed E-state index contributed by atoms with van der Waals surface area (Å²) in [5, 5.41) is 3.88. The van der Waals surface area contributed by atoms with Gasteiger partial charge in [-0.3, -0.25) is 0 Å². The Kier molecular flexibility index (Phi) is 7.28. The zero-order valence-electron chi connectivity index (χ0n) is 13.8. The molecule has 0 amide bonds. The van der Waals surface area contributed by atoms with Crippen LogP contribution in [0.4, 0.5) is 0 Å². The SMILES string of the molecule is Cl.O=S(=O)(CCc1ccccc1)N1CCNCC1c1ccccc1Cl. The van der Waals surface area contributed by atoms with Crippen LogP contribution in [0, 0.1) is 0 Å². The van der Waals surface area contributed by atoms with E-state index in [4.69, 9.17) is 11.6 Å². The van der Waals surface area contributed by atoms with Gasteiger partial charge in [0, 0.05) is 24.7 Å². The normalized spacial score (nSPS) is 18.5. The second-order valence-electron chi connectivity index (χ2n) is 5.90. The molecular formula is C18H22Cl2N2O2S. The van der Waals surface area contributed by atoms with E-state index in [9.17, 15) is 8.42 Å². The molecule has 1 saturated heterocycles. The molecule has 1 N–H and O–H groups in total. The fourth-order valence-corrected chi connectivity index (χ4v) is 4.97. The number of nitrogens with one attached hydrogen (secondary N) is 1. The lowest BCUT2D eigenvalue weighted by Gasteiger charge is -2.36. The number of benzene rings is 2. The zero-order valence-corrected chi connectivity index (χ0v) is 16.2. The van der Waals surface area contributed by atoms with E-state index >= 15 is 0 Å². The second-order valence-corrected chi connectivity index (χ2v) is 8.35. The van der Waals surface area contributed by atoms with Gasteiger partial charge in [0.05, 0.1) is 11.8 Å². The Morgan fingerprint density at radius 3 is 2.48 bits per heavy atom. The molecule has 0 radical (unpaired) electrons. The minimum Gasteiger partial charge on any atom is -0.313 e. The molecular weight excluding hydrogens is 379 g/mol. The molecule has 1 unspecified atom stereocenters. The quantitative estimate of drug-likeness (QED) is 0.837. The van der Waals surface area contributed by atoms with Gasteiger partial charge < -0.3 is 5.32 Å². The van der Waals surface area contributed by atoms with Crippen LogP contribution in [0.5, 0.6) is 0 Å². The maximum atomic E-state index is 12.9. The average molecular weight is 401 g/mol. The fourth-order valence-electron chi connectivity index (χ4n) is 3.04. The second kappa shape index (κ2) is 9.01. The molecule has 0 saturated carbocycles. The smallest absolute Gasteiger partial charge is 0.215 e. The monoisotopic (exact) mass is 400 g/mol. The summed E-state index contributed by atoms with van der Waals surface area (Å²) < 4.78 is 27.4. The van der Waals surface area contributed by atoms with Gasteiger partial charge in [-0.05, 0) is 23.6 Å². The number of nitrogens with zero attached hydrogens (tertiary/aromatic N) is 1. The van der Waals surface area contributed by atoms with E-state index in [-0.39, 0.29) is 24.2 Å². The van der Waals surface area contributed by atoms with Gasteiger partial charge in [0.1, 0.15) is 0 Å². The summed E-state index contributed by atoms with van der Waals surface area (Å²) in [5.41, 5.74) is 1.89. The summed E-state index contributed by atoms with van der Waals surface area (Å²) >= 11 is 6.30. The average Bonchev–Trinajstić information content (AvgIpc) is 2.61. The third kappa shape index (κ3) is 4.96. The molecule has 7 heteroatoms. The van der Waals surface area contributed by atoms with Gasteiger partial charge in [-0.25, -0.2) is 8.42 Å². The van der Waals surface area contributed by atoms with Crippen LogP contribution in [-0.2, 0) is 16.4 Å². The van der Waals surface area contributed by atoms with Crippen LogP contribution < -0.4 is 5.32 Å². The molecule has 0 aromatic heterocycles. The summed E-state index contributed by atoms with van der Waals surface area (Å²) in [6.45, 7) is 1.70. The summed E-state index contributed by atoms with van der Waals surface area (Å²) in [5.74, 6) is 0.109.